The summed E-state index contributed by atoms with van der Waals surface area (Å²) in [5.41, 5.74) is 4.79. The quantitative estimate of drug-likeness (QED) is 0.0675. The Balaban J connectivity index is 1.43. The van der Waals surface area contributed by atoms with Gasteiger partial charge in [-0.05, 0) is 48.9 Å². The molecule has 2 N–H and O–H groups in total. The van der Waals surface area contributed by atoms with Gasteiger partial charge in [0.05, 0.1) is 27.6 Å². The molecule has 0 aliphatic heterocycles. The van der Waals surface area contributed by atoms with Gasteiger partial charge in [0.2, 0.25) is 5.91 Å². The van der Waals surface area contributed by atoms with Crippen LogP contribution in [0, 0.1) is 0 Å². The number of sulfone groups is 1. The van der Waals surface area contributed by atoms with Crippen LogP contribution < -0.4 is 5.32 Å². The fourth-order valence-electron chi connectivity index (χ4n) is 4.45. The van der Waals surface area contributed by atoms with E-state index in [4.69, 9.17) is 10.2 Å². The fraction of sp³-hybridized carbons (Fsp3) is 0.129. The predicted molar refractivity (Wildman–Crippen MR) is 169 cm³/mol. The molecule has 2 aromatic heterocycles. The normalized spacial score (nSPS) is 11.9. The summed E-state index contributed by atoms with van der Waals surface area (Å²) < 4.78 is 25.8. The van der Waals surface area contributed by atoms with E-state index in [1.54, 1.807) is 61.5 Å². The van der Waals surface area contributed by atoms with Crippen LogP contribution in [0.2, 0.25) is 0 Å². The summed E-state index contributed by atoms with van der Waals surface area (Å²) in [6, 6.07) is 23.2. The van der Waals surface area contributed by atoms with Crippen molar-refractivity contribution in [3.63, 3.8) is 0 Å². The third-order valence-electron chi connectivity index (χ3n) is 6.63. The fourth-order valence-corrected chi connectivity index (χ4v) is 5.83. The van der Waals surface area contributed by atoms with Crippen LogP contribution in [0.1, 0.15) is 12.5 Å². The lowest BCUT2D eigenvalue weighted by Crippen LogP contribution is -2.14. The molecule has 12 heteroatoms. The van der Waals surface area contributed by atoms with Gasteiger partial charge >= 0.3 is 0 Å². The second-order valence-corrected chi connectivity index (χ2v) is 12.6. The number of carbonyl (C=O) groups excluding carboxylic acids is 1. The smallest absolute Gasteiger partial charge is 0.234 e. The Morgan fingerprint density at radius 1 is 1.07 bits per heavy atom. The third-order valence-corrected chi connectivity index (χ3v) is 8.73. The number of fused-ring (bicyclic) bond motifs is 1. The number of allylic oxidation sites excluding steroid dienone is 1. The molecular formula is C31H28N6O4S2. The first-order valence-corrected chi connectivity index (χ1v) is 16.0. The molecule has 43 heavy (non-hydrogen) atoms. The lowest BCUT2D eigenvalue weighted by Gasteiger charge is -2.12. The van der Waals surface area contributed by atoms with Crippen molar-refractivity contribution >= 4 is 49.8 Å². The van der Waals surface area contributed by atoms with E-state index in [1.165, 1.54) is 18.0 Å². The van der Waals surface area contributed by atoms with Crippen molar-refractivity contribution < 1.29 is 18.4 Å². The van der Waals surface area contributed by atoms with Crippen LogP contribution in [0.15, 0.2) is 107 Å². The number of nitrogens with one attached hydrogen (secondary N) is 1. The Morgan fingerprint density at radius 3 is 2.47 bits per heavy atom. The second kappa shape index (κ2) is 12.6. The maximum Gasteiger partial charge on any atom is 0.234 e. The van der Waals surface area contributed by atoms with E-state index in [9.17, 15) is 13.2 Å². The number of benzene rings is 3. The number of carbonyl (C=O) groups is 1. The molecular weight excluding hydrogens is 585 g/mol. The van der Waals surface area contributed by atoms with Crippen LogP contribution in [0.5, 0.6) is 0 Å². The van der Waals surface area contributed by atoms with Gasteiger partial charge in [-0.15, -0.1) is 16.8 Å². The number of thioether (sulfide) groups is 1. The molecule has 0 unspecified atom stereocenters. The van der Waals surface area contributed by atoms with Gasteiger partial charge < -0.3 is 10.5 Å². The van der Waals surface area contributed by atoms with E-state index in [2.05, 4.69) is 27.2 Å². The number of hydrogen-bond acceptors (Lipinski definition) is 9. The molecule has 0 atom stereocenters. The SMILES string of the molecule is C=CCn1c(SCC(=O)Nc2ccc(/C(C)=N/O)cc2)nnc1-c1cc(-c2ccc(S(C)(=O)=O)cc2)nc2ccccc12. The Kier molecular flexibility index (Phi) is 8.69. The van der Waals surface area contributed by atoms with Crippen LogP contribution in [0.3, 0.4) is 0 Å². The highest BCUT2D eigenvalue weighted by atomic mass is 32.2. The number of amides is 1. The monoisotopic (exact) mass is 612 g/mol. The Morgan fingerprint density at radius 2 is 1.79 bits per heavy atom. The van der Waals surface area contributed by atoms with Crippen molar-refractivity contribution in [2.24, 2.45) is 5.16 Å². The zero-order valence-corrected chi connectivity index (χ0v) is 25.1. The summed E-state index contributed by atoms with van der Waals surface area (Å²) >= 11 is 1.26. The van der Waals surface area contributed by atoms with Gasteiger partial charge in [-0.3, -0.25) is 9.36 Å². The van der Waals surface area contributed by atoms with Gasteiger partial charge in [0.1, 0.15) is 0 Å². The number of aromatic nitrogens is 4. The molecule has 218 valence electrons. The van der Waals surface area contributed by atoms with Crippen LogP contribution in [0.4, 0.5) is 5.69 Å². The molecule has 0 fully saturated rings. The molecule has 0 aliphatic carbocycles. The van der Waals surface area contributed by atoms with Crippen LogP contribution in [-0.2, 0) is 21.2 Å². The summed E-state index contributed by atoms with van der Waals surface area (Å²) in [5, 5.41) is 25.3. The van der Waals surface area contributed by atoms with Crippen molar-refractivity contribution in [3.05, 3.63) is 97.1 Å². The Labute approximate surface area is 253 Å². The molecule has 0 aliphatic rings. The standard InChI is InChI=1S/C31H28N6O4S2/c1-4-17-37-30(34-35-31(37)42-19-29(38)32-23-13-9-21(10-14-23)20(2)36-39)26-18-28(33-27-8-6-5-7-25(26)27)22-11-15-24(16-12-22)43(3,40)41/h4-16,18,39H,1,17,19H2,2-3H3,(H,32,38)/b36-20+. The van der Waals surface area contributed by atoms with Crippen molar-refractivity contribution in [1.29, 1.82) is 0 Å². The van der Waals surface area contributed by atoms with E-state index in [0.29, 0.717) is 34.6 Å². The number of pyridine rings is 1. The maximum absolute atomic E-state index is 12.7. The molecule has 5 rings (SSSR count). The van der Waals surface area contributed by atoms with E-state index in [1.807, 2.05) is 34.9 Å². The topological polar surface area (TPSA) is 139 Å². The highest BCUT2D eigenvalue weighted by Crippen LogP contribution is 2.33. The number of anilines is 1. The van der Waals surface area contributed by atoms with E-state index in [0.717, 1.165) is 27.6 Å². The number of rotatable bonds is 10. The molecule has 0 spiro atoms. The summed E-state index contributed by atoms with van der Waals surface area (Å²) in [7, 11) is -3.33. The van der Waals surface area contributed by atoms with E-state index < -0.39 is 9.84 Å². The van der Waals surface area contributed by atoms with Crippen molar-refractivity contribution in [2.45, 2.75) is 23.5 Å². The summed E-state index contributed by atoms with van der Waals surface area (Å²) in [4.78, 5) is 17.8. The van der Waals surface area contributed by atoms with E-state index >= 15 is 0 Å². The van der Waals surface area contributed by atoms with Gasteiger partial charge in [0.25, 0.3) is 0 Å². The zero-order chi connectivity index (χ0) is 30.6. The summed E-state index contributed by atoms with van der Waals surface area (Å²) in [6.07, 6.45) is 2.91. The Hall–Kier alpha value is -4.81. The van der Waals surface area contributed by atoms with Gasteiger partial charge in [-0.2, -0.15) is 0 Å². The molecule has 0 saturated heterocycles. The molecule has 10 nitrogen and oxygen atoms in total. The average molecular weight is 613 g/mol. The minimum absolute atomic E-state index is 0.100. The maximum atomic E-state index is 12.7. The van der Waals surface area contributed by atoms with Gasteiger partial charge in [-0.25, -0.2) is 13.4 Å². The molecule has 0 bridgehead atoms. The van der Waals surface area contributed by atoms with Crippen molar-refractivity contribution in [2.75, 3.05) is 17.3 Å². The lowest BCUT2D eigenvalue weighted by molar-refractivity contribution is -0.113. The van der Waals surface area contributed by atoms with Crippen molar-refractivity contribution in [1.82, 2.24) is 19.7 Å². The summed E-state index contributed by atoms with van der Waals surface area (Å²) in [5.74, 6) is 0.476. The molecule has 5 aromatic rings. The van der Waals surface area contributed by atoms with Crippen LogP contribution in [0.25, 0.3) is 33.5 Å². The first-order valence-electron chi connectivity index (χ1n) is 13.1. The van der Waals surface area contributed by atoms with Crippen LogP contribution >= 0.6 is 11.8 Å². The van der Waals surface area contributed by atoms with Crippen LogP contribution in [-0.4, -0.2) is 57.0 Å². The van der Waals surface area contributed by atoms with Gasteiger partial charge in [0.15, 0.2) is 20.8 Å². The second-order valence-electron chi connectivity index (χ2n) is 9.67. The molecule has 0 saturated carbocycles. The average Bonchev–Trinajstić information content (AvgIpc) is 3.41. The highest BCUT2D eigenvalue weighted by molar-refractivity contribution is 7.99. The molecule has 0 radical (unpaired) electrons. The van der Waals surface area contributed by atoms with Gasteiger partial charge in [-0.1, -0.05) is 65.5 Å². The summed E-state index contributed by atoms with van der Waals surface area (Å²) in [6.45, 7) is 5.99. The highest BCUT2D eigenvalue weighted by Gasteiger charge is 2.19. The predicted octanol–water partition coefficient (Wildman–Crippen LogP) is 5.68. The number of para-hydroxylation sites is 1. The minimum atomic E-state index is -3.33. The first kappa shape index (κ1) is 29.7. The molecule has 1 amide bonds. The Bertz CT molecular complexity index is 1950. The third kappa shape index (κ3) is 6.65. The number of hydrogen-bond donors (Lipinski definition) is 2. The van der Waals surface area contributed by atoms with E-state index in [-0.39, 0.29) is 16.6 Å². The molecule has 3 aromatic carbocycles. The van der Waals surface area contributed by atoms with Crippen molar-refractivity contribution in [3.8, 4) is 22.6 Å². The number of nitrogens with zero attached hydrogens (tertiary/aromatic N) is 5. The molecule has 2 heterocycles. The van der Waals surface area contributed by atoms with Gasteiger partial charge in [0, 0.05) is 35.0 Å². The minimum Gasteiger partial charge on any atom is -0.411 e. The first-order chi connectivity index (χ1) is 20.7. The number of oxime groups is 1. The largest absolute Gasteiger partial charge is 0.411 e. The zero-order valence-electron chi connectivity index (χ0n) is 23.4. The lowest BCUT2D eigenvalue weighted by atomic mass is 10.0.